The van der Waals surface area contributed by atoms with Gasteiger partial charge in [0.25, 0.3) is 6.33 Å². The minimum Gasteiger partial charge on any atom is -0.430 e. The second-order valence-corrected chi connectivity index (χ2v) is 2.51. The van der Waals surface area contributed by atoms with Gasteiger partial charge in [-0.1, -0.05) is 0 Å². The van der Waals surface area contributed by atoms with Gasteiger partial charge in [0, 0.05) is 0 Å². The van der Waals surface area contributed by atoms with E-state index in [1.165, 1.54) is 4.57 Å². The lowest BCUT2D eigenvalue weighted by molar-refractivity contribution is -0.670. The summed E-state index contributed by atoms with van der Waals surface area (Å²) in [6.07, 6.45) is 4.67. The molecule has 0 aliphatic rings. The zero-order valence-corrected chi connectivity index (χ0v) is 7.30. The van der Waals surface area contributed by atoms with Crippen molar-refractivity contribution in [1.82, 2.24) is 4.57 Å². The van der Waals surface area contributed by atoms with Gasteiger partial charge in [0.2, 0.25) is 0 Å². The van der Waals surface area contributed by atoms with Gasteiger partial charge in [-0.2, -0.15) is 10.1 Å². The molecule has 1 rings (SSSR count). The number of imidazole rings is 1. The molecule has 1 aromatic heterocycles. The number of nitrogens with zero attached hydrogens (tertiary/aromatic N) is 3. The number of carbonyl (C=O) groups excluding carboxylic acids is 1. The first-order chi connectivity index (χ1) is 6.24. The fourth-order valence-electron chi connectivity index (χ4n) is 0.817. The highest BCUT2D eigenvalue weighted by Gasteiger charge is 2.11. The molecule has 0 atom stereocenters. The maximum Gasteiger partial charge on any atom is 0.511 e. The number of nitriles is 1. The van der Waals surface area contributed by atoms with Crippen LogP contribution in [0.4, 0.5) is 4.79 Å². The average molecular weight is 180 g/mol. The van der Waals surface area contributed by atoms with Crippen molar-refractivity contribution in [1.29, 1.82) is 5.26 Å². The van der Waals surface area contributed by atoms with Crippen molar-refractivity contribution >= 4 is 6.09 Å². The average Bonchev–Trinajstić information content (AvgIpc) is 2.52. The normalized spacial score (nSPS) is 9.23. The molecule has 1 aromatic rings. The van der Waals surface area contributed by atoms with Crippen molar-refractivity contribution < 1.29 is 14.1 Å². The van der Waals surface area contributed by atoms with Gasteiger partial charge < -0.3 is 4.74 Å². The van der Waals surface area contributed by atoms with Gasteiger partial charge in [-0.3, -0.25) is 0 Å². The summed E-state index contributed by atoms with van der Waals surface area (Å²) < 4.78 is 7.81. The Hall–Kier alpha value is -1.83. The zero-order valence-electron chi connectivity index (χ0n) is 7.30. The Morgan fingerprint density at radius 2 is 2.54 bits per heavy atom. The molecule has 0 aliphatic heterocycles. The van der Waals surface area contributed by atoms with Gasteiger partial charge in [0.05, 0.1) is 19.5 Å². The predicted octanol–water partition coefficient (Wildman–Crippen LogP) is 0.211. The summed E-state index contributed by atoms with van der Waals surface area (Å²) in [4.78, 5) is 11.2. The number of aromatic nitrogens is 2. The molecular weight excluding hydrogens is 170 g/mol. The van der Waals surface area contributed by atoms with Crippen LogP contribution in [-0.2, 0) is 11.8 Å². The smallest absolute Gasteiger partial charge is 0.430 e. The van der Waals surface area contributed by atoms with Crippen LogP contribution >= 0.6 is 0 Å². The van der Waals surface area contributed by atoms with Crippen LogP contribution in [0.2, 0.25) is 0 Å². The van der Waals surface area contributed by atoms with E-state index in [0.717, 1.165) is 0 Å². The quantitative estimate of drug-likeness (QED) is 0.483. The van der Waals surface area contributed by atoms with E-state index >= 15 is 0 Å². The summed E-state index contributed by atoms with van der Waals surface area (Å²) in [6, 6.07) is 1.89. The minimum atomic E-state index is -0.462. The predicted molar refractivity (Wildman–Crippen MR) is 42.6 cm³/mol. The Kier molecular flexibility index (Phi) is 3.03. The Labute approximate surface area is 75.8 Å². The molecule has 0 bridgehead atoms. The molecule has 0 aliphatic carbocycles. The van der Waals surface area contributed by atoms with Gasteiger partial charge in [0.1, 0.15) is 19.0 Å². The summed E-state index contributed by atoms with van der Waals surface area (Å²) in [5.41, 5.74) is 0. The third-order valence-electron chi connectivity index (χ3n) is 1.42. The highest BCUT2D eigenvalue weighted by molar-refractivity contribution is 5.69. The molecule has 0 fully saturated rings. The Balaban J connectivity index is 2.45. The van der Waals surface area contributed by atoms with Crippen LogP contribution in [0.25, 0.3) is 0 Å². The number of carbonyl (C=O) groups is 1. The van der Waals surface area contributed by atoms with Crippen LogP contribution < -0.4 is 4.57 Å². The van der Waals surface area contributed by atoms with E-state index in [-0.39, 0.29) is 13.0 Å². The Morgan fingerprint density at radius 1 is 1.77 bits per heavy atom. The highest BCUT2D eigenvalue weighted by Crippen LogP contribution is 1.89. The molecule has 1 heterocycles. The first-order valence-corrected chi connectivity index (χ1v) is 3.81. The number of rotatable bonds is 2. The summed E-state index contributed by atoms with van der Waals surface area (Å²) in [5.74, 6) is 0. The zero-order chi connectivity index (χ0) is 9.68. The summed E-state index contributed by atoms with van der Waals surface area (Å²) in [5, 5.41) is 8.20. The van der Waals surface area contributed by atoms with Crippen LogP contribution in [0.1, 0.15) is 6.42 Å². The summed E-state index contributed by atoms with van der Waals surface area (Å²) in [7, 11) is 1.80. The molecule has 13 heavy (non-hydrogen) atoms. The number of hydrogen-bond donors (Lipinski definition) is 0. The maximum absolute atomic E-state index is 11.2. The van der Waals surface area contributed by atoms with Gasteiger partial charge in [-0.15, -0.1) is 4.57 Å². The largest absolute Gasteiger partial charge is 0.511 e. The maximum atomic E-state index is 11.2. The lowest BCUT2D eigenvalue weighted by atomic mass is 10.5. The molecule has 5 heteroatoms. The van der Waals surface area contributed by atoms with E-state index in [0.29, 0.717) is 0 Å². The molecule has 0 spiro atoms. The molecule has 68 valence electrons. The SMILES string of the molecule is C[n+]1ccn(C(=O)OCCC#N)c1. The molecule has 0 saturated carbocycles. The van der Waals surface area contributed by atoms with Crippen LogP contribution in [0.3, 0.4) is 0 Å². The second-order valence-electron chi connectivity index (χ2n) is 2.51. The van der Waals surface area contributed by atoms with Crippen molar-refractivity contribution in [2.75, 3.05) is 6.61 Å². The third kappa shape index (κ3) is 2.60. The highest BCUT2D eigenvalue weighted by atomic mass is 16.5. The first kappa shape index (κ1) is 9.26. The second kappa shape index (κ2) is 4.26. The third-order valence-corrected chi connectivity index (χ3v) is 1.42. The van der Waals surface area contributed by atoms with Crippen molar-refractivity contribution in [3.63, 3.8) is 0 Å². The van der Waals surface area contributed by atoms with Crippen molar-refractivity contribution in [2.45, 2.75) is 6.42 Å². The van der Waals surface area contributed by atoms with Crippen molar-refractivity contribution in [2.24, 2.45) is 7.05 Å². The Bertz CT molecular complexity index is 337. The van der Waals surface area contributed by atoms with E-state index < -0.39 is 6.09 Å². The van der Waals surface area contributed by atoms with Crippen LogP contribution in [0, 0.1) is 11.3 Å². The van der Waals surface area contributed by atoms with Gasteiger partial charge in [0.15, 0.2) is 0 Å². The fraction of sp³-hybridized carbons (Fsp3) is 0.375. The van der Waals surface area contributed by atoms with Crippen LogP contribution in [0.5, 0.6) is 0 Å². The lowest BCUT2D eigenvalue weighted by Gasteiger charge is -1.95. The molecular formula is C8H10N3O2+. The van der Waals surface area contributed by atoms with E-state index in [1.807, 2.05) is 6.07 Å². The summed E-state index contributed by atoms with van der Waals surface area (Å²) in [6.45, 7) is 0.136. The van der Waals surface area contributed by atoms with E-state index in [1.54, 1.807) is 30.3 Å². The van der Waals surface area contributed by atoms with Crippen LogP contribution in [0.15, 0.2) is 18.7 Å². The number of aryl methyl sites for hydroxylation is 1. The monoisotopic (exact) mass is 180 g/mol. The van der Waals surface area contributed by atoms with Gasteiger partial charge in [-0.25, -0.2) is 4.57 Å². The van der Waals surface area contributed by atoms with Gasteiger partial charge in [-0.05, 0) is 0 Å². The number of ether oxygens (including phenoxy) is 1. The van der Waals surface area contributed by atoms with Crippen molar-refractivity contribution in [3.05, 3.63) is 18.7 Å². The lowest BCUT2D eigenvalue weighted by Crippen LogP contribution is -2.25. The minimum absolute atomic E-state index is 0.136. The number of hydrogen-bond acceptors (Lipinski definition) is 3. The van der Waals surface area contributed by atoms with Gasteiger partial charge >= 0.3 is 6.09 Å². The Morgan fingerprint density at radius 3 is 3.08 bits per heavy atom. The molecule has 0 radical (unpaired) electrons. The fourth-order valence-corrected chi connectivity index (χ4v) is 0.817. The first-order valence-electron chi connectivity index (χ1n) is 3.81. The topological polar surface area (TPSA) is 58.9 Å². The standard InChI is InChI=1S/C8H10N3O2/c1-10-4-5-11(7-10)8(12)13-6-2-3-9/h4-5,7H,2,6H2,1H3/q+1. The van der Waals surface area contributed by atoms with E-state index in [4.69, 9.17) is 10.00 Å². The summed E-state index contributed by atoms with van der Waals surface area (Å²) >= 11 is 0. The molecule has 0 N–H and O–H groups in total. The molecule has 0 amide bonds. The van der Waals surface area contributed by atoms with Crippen LogP contribution in [-0.4, -0.2) is 17.3 Å². The van der Waals surface area contributed by atoms with E-state index in [9.17, 15) is 4.79 Å². The molecule has 0 unspecified atom stereocenters. The molecule has 0 aromatic carbocycles. The van der Waals surface area contributed by atoms with Crippen molar-refractivity contribution in [3.8, 4) is 6.07 Å². The van der Waals surface area contributed by atoms with E-state index in [2.05, 4.69) is 0 Å². The molecule has 5 nitrogen and oxygen atoms in total. The molecule has 0 saturated heterocycles.